The van der Waals surface area contributed by atoms with E-state index in [1.807, 2.05) is 4.57 Å². The molecule has 0 bridgehead atoms. The number of hydrogen-bond donors (Lipinski definition) is 2. The molecule has 0 atom stereocenters. The molecule has 1 aliphatic rings. The number of rotatable bonds is 6. The highest BCUT2D eigenvalue weighted by atomic mass is 127. The lowest BCUT2D eigenvalue weighted by Gasteiger charge is -2.41. The van der Waals surface area contributed by atoms with Gasteiger partial charge >= 0.3 is 0 Å². The van der Waals surface area contributed by atoms with Crippen LogP contribution in [0.1, 0.15) is 45.9 Å². The number of aromatic nitrogens is 3. The SMILES string of the molecule is CCn1cnnc1CNC(=NC)NCC(C)(C)N1CCCCC1.I. The van der Waals surface area contributed by atoms with Gasteiger partial charge in [-0.2, -0.15) is 0 Å². The maximum Gasteiger partial charge on any atom is 0.191 e. The second-order valence-corrected chi connectivity index (χ2v) is 6.67. The third-order valence-electron chi connectivity index (χ3n) is 4.57. The van der Waals surface area contributed by atoms with Crippen LogP contribution < -0.4 is 10.6 Å². The second-order valence-electron chi connectivity index (χ2n) is 6.67. The van der Waals surface area contributed by atoms with E-state index in [-0.39, 0.29) is 29.5 Å². The number of nitrogens with one attached hydrogen (secondary N) is 2. The van der Waals surface area contributed by atoms with E-state index in [1.54, 1.807) is 13.4 Å². The molecule has 0 unspecified atom stereocenters. The minimum absolute atomic E-state index is 0. The van der Waals surface area contributed by atoms with Crippen molar-refractivity contribution in [2.75, 3.05) is 26.7 Å². The summed E-state index contributed by atoms with van der Waals surface area (Å²) in [6, 6.07) is 0. The molecule has 0 aromatic carbocycles. The molecule has 138 valence electrons. The summed E-state index contributed by atoms with van der Waals surface area (Å²) in [5.74, 6) is 1.73. The van der Waals surface area contributed by atoms with Gasteiger partial charge < -0.3 is 15.2 Å². The molecule has 0 aliphatic carbocycles. The van der Waals surface area contributed by atoms with E-state index >= 15 is 0 Å². The Labute approximate surface area is 162 Å². The molecule has 0 spiro atoms. The Kier molecular flexibility index (Phi) is 8.96. The van der Waals surface area contributed by atoms with Gasteiger partial charge in [-0.3, -0.25) is 9.89 Å². The zero-order chi connectivity index (χ0) is 16.7. The number of piperidine rings is 1. The van der Waals surface area contributed by atoms with Gasteiger partial charge in [-0.05, 0) is 46.7 Å². The van der Waals surface area contributed by atoms with Gasteiger partial charge in [0.1, 0.15) is 6.33 Å². The van der Waals surface area contributed by atoms with Crippen molar-refractivity contribution in [3.63, 3.8) is 0 Å². The van der Waals surface area contributed by atoms with Crippen LogP contribution in [0, 0.1) is 0 Å². The smallest absolute Gasteiger partial charge is 0.191 e. The van der Waals surface area contributed by atoms with E-state index in [4.69, 9.17) is 0 Å². The first-order chi connectivity index (χ1) is 11.1. The molecule has 0 radical (unpaired) electrons. The number of halogens is 1. The lowest BCUT2D eigenvalue weighted by atomic mass is 9.98. The van der Waals surface area contributed by atoms with Crippen molar-refractivity contribution in [2.24, 2.45) is 4.99 Å². The van der Waals surface area contributed by atoms with Crippen molar-refractivity contribution < 1.29 is 0 Å². The minimum atomic E-state index is 0. The second kappa shape index (κ2) is 10.2. The zero-order valence-electron chi connectivity index (χ0n) is 15.4. The quantitative estimate of drug-likeness (QED) is 0.394. The molecule has 1 saturated heterocycles. The van der Waals surface area contributed by atoms with Crippen molar-refractivity contribution in [1.29, 1.82) is 0 Å². The van der Waals surface area contributed by atoms with E-state index in [1.165, 1.54) is 32.4 Å². The lowest BCUT2D eigenvalue weighted by Crippen LogP contribution is -2.54. The predicted molar refractivity (Wildman–Crippen MR) is 109 cm³/mol. The summed E-state index contributed by atoms with van der Waals surface area (Å²) in [4.78, 5) is 6.88. The Morgan fingerprint density at radius 1 is 1.25 bits per heavy atom. The first-order valence-electron chi connectivity index (χ1n) is 8.63. The predicted octanol–water partition coefficient (Wildman–Crippen LogP) is 1.85. The fraction of sp³-hybridized carbons (Fsp3) is 0.812. The summed E-state index contributed by atoms with van der Waals surface area (Å²) in [6.07, 6.45) is 5.74. The molecule has 1 aromatic heterocycles. The average molecular weight is 449 g/mol. The van der Waals surface area contributed by atoms with Crippen molar-refractivity contribution in [3.8, 4) is 0 Å². The number of aliphatic imine (C=N–C) groups is 1. The van der Waals surface area contributed by atoms with Gasteiger partial charge in [0, 0.05) is 25.7 Å². The molecular weight excluding hydrogens is 417 g/mol. The third-order valence-corrected chi connectivity index (χ3v) is 4.57. The fourth-order valence-corrected chi connectivity index (χ4v) is 2.97. The fourth-order valence-electron chi connectivity index (χ4n) is 2.97. The van der Waals surface area contributed by atoms with Crippen LogP contribution in [0.4, 0.5) is 0 Å². The molecule has 1 aromatic rings. The van der Waals surface area contributed by atoms with Crippen molar-refractivity contribution in [2.45, 2.75) is 58.7 Å². The van der Waals surface area contributed by atoms with Gasteiger partial charge in [0.2, 0.25) is 0 Å². The summed E-state index contributed by atoms with van der Waals surface area (Å²) in [5.41, 5.74) is 0.126. The van der Waals surface area contributed by atoms with Gasteiger partial charge in [-0.1, -0.05) is 6.42 Å². The lowest BCUT2D eigenvalue weighted by molar-refractivity contribution is 0.0982. The van der Waals surface area contributed by atoms with Crippen LogP contribution in [0.3, 0.4) is 0 Å². The molecule has 1 fully saturated rings. The summed E-state index contributed by atoms with van der Waals surface area (Å²) >= 11 is 0. The van der Waals surface area contributed by atoms with Gasteiger partial charge in [-0.15, -0.1) is 34.2 Å². The van der Waals surface area contributed by atoms with Crippen LogP contribution >= 0.6 is 24.0 Å². The van der Waals surface area contributed by atoms with Gasteiger partial charge in [0.05, 0.1) is 6.54 Å². The van der Waals surface area contributed by atoms with Crippen LogP contribution in [0.25, 0.3) is 0 Å². The molecule has 7 nitrogen and oxygen atoms in total. The Morgan fingerprint density at radius 3 is 2.58 bits per heavy atom. The monoisotopic (exact) mass is 449 g/mol. The Balaban J connectivity index is 0.00000288. The van der Waals surface area contributed by atoms with Gasteiger partial charge in [-0.25, -0.2) is 0 Å². The molecule has 8 heteroatoms. The van der Waals surface area contributed by atoms with Gasteiger partial charge in [0.15, 0.2) is 11.8 Å². The van der Waals surface area contributed by atoms with Crippen LogP contribution in [-0.4, -0.2) is 57.8 Å². The van der Waals surface area contributed by atoms with E-state index in [9.17, 15) is 0 Å². The summed E-state index contributed by atoms with van der Waals surface area (Å²) in [5, 5.41) is 14.8. The van der Waals surface area contributed by atoms with Crippen LogP contribution in [0.5, 0.6) is 0 Å². The number of guanidine groups is 1. The summed E-state index contributed by atoms with van der Waals surface area (Å²) < 4.78 is 2.03. The summed E-state index contributed by atoms with van der Waals surface area (Å²) in [7, 11) is 1.80. The van der Waals surface area contributed by atoms with E-state index in [0.29, 0.717) is 6.54 Å². The summed E-state index contributed by atoms with van der Waals surface area (Å²) in [6.45, 7) is 11.4. The number of aryl methyl sites for hydroxylation is 1. The maximum atomic E-state index is 4.31. The van der Waals surface area contributed by atoms with Crippen LogP contribution in [0.2, 0.25) is 0 Å². The van der Waals surface area contributed by atoms with Crippen LogP contribution in [0.15, 0.2) is 11.3 Å². The van der Waals surface area contributed by atoms with E-state index < -0.39 is 0 Å². The molecule has 24 heavy (non-hydrogen) atoms. The number of hydrogen-bond acceptors (Lipinski definition) is 4. The molecule has 0 amide bonds. The number of nitrogens with zero attached hydrogens (tertiary/aromatic N) is 5. The highest BCUT2D eigenvalue weighted by molar-refractivity contribution is 14.0. The first kappa shape index (κ1) is 21.1. The van der Waals surface area contributed by atoms with Gasteiger partial charge in [0.25, 0.3) is 0 Å². The Morgan fingerprint density at radius 2 is 1.96 bits per heavy atom. The Hall–Kier alpha value is -0.900. The Bertz CT molecular complexity index is 506. The number of likely N-dealkylation sites (tertiary alicyclic amines) is 1. The maximum absolute atomic E-state index is 4.31. The molecule has 2 heterocycles. The highest BCUT2D eigenvalue weighted by Gasteiger charge is 2.27. The average Bonchev–Trinajstić information content (AvgIpc) is 3.03. The first-order valence-corrected chi connectivity index (χ1v) is 8.63. The van der Waals surface area contributed by atoms with Crippen molar-refractivity contribution in [3.05, 3.63) is 12.2 Å². The zero-order valence-corrected chi connectivity index (χ0v) is 17.7. The van der Waals surface area contributed by atoms with Crippen molar-refractivity contribution in [1.82, 2.24) is 30.3 Å². The molecular formula is C16H32IN7. The topological polar surface area (TPSA) is 70.4 Å². The highest BCUT2D eigenvalue weighted by Crippen LogP contribution is 2.19. The normalized spacial score (nSPS) is 16.6. The van der Waals surface area contributed by atoms with Crippen molar-refractivity contribution >= 4 is 29.9 Å². The minimum Gasteiger partial charge on any atom is -0.355 e. The van der Waals surface area contributed by atoms with E-state index in [0.717, 1.165) is 24.9 Å². The largest absolute Gasteiger partial charge is 0.355 e. The molecule has 2 N–H and O–H groups in total. The molecule has 0 saturated carbocycles. The van der Waals surface area contributed by atoms with Crippen LogP contribution in [-0.2, 0) is 13.1 Å². The molecule has 1 aliphatic heterocycles. The van der Waals surface area contributed by atoms with E-state index in [2.05, 4.69) is 51.5 Å². The third kappa shape index (κ3) is 5.87. The molecule has 2 rings (SSSR count). The standard InChI is InChI=1S/C16H31N7.HI/c1-5-22-13-20-21-14(22)11-18-15(17-4)19-12-16(2,3)23-9-7-6-8-10-23;/h13H,5-12H2,1-4H3,(H2,17,18,19);1H.